The zero-order valence-electron chi connectivity index (χ0n) is 18.8. The third-order valence-electron chi connectivity index (χ3n) is 4.83. The molecule has 0 saturated carbocycles. The Balaban J connectivity index is 1.63. The van der Waals surface area contributed by atoms with E-state index in [4.69, 9.17) is 14.6 Å². The third-order valence-corrected chi connectivity index (χ3v) is 5.79. The van der Waals surface area contributed by atoms with Crippen molar-refractivity contribution in [2.75, 3.05) is 12.4 Å². The Morgan fingerprint density at radius 3 is 2.61 bits per heavy atom. The van der Waals surface area contributed by atoms with Gasteiger partial charge in [0.2, 0.25) is 0 Å². The molecule has 3 rings (SSSR count). The molecule has 0 radical (unpaired) electrons. The van der Waals surface area contributed by atoms with Crippen LogP contribution in [0.25, 0.3) is 11.0 Å². The van der Waals surface area contributed by atoms with E-state index in [0.29, 0.717) is 40.5 Å². The van der Waals surface area contributed by atoms with E-state index in [1.54, 1.807) is 24.3 Å². The number of fused-ring (bicyclic) bond motifs is 1. The van der Waals surface area contributed by atoms with Gasteiger partial charge in [-0.1, -0.05) is 25.1 Å². The molecule has 0 aliphatic rings. The van der Waals surface area contributed by atoms with Gasteiger partial charge in [0.25, 0.3) is 0 Å². The molecule has 0 aliphatic carbocycles. The number of ether oxygens (including phenoxy) is 2. The number of carbonyl (C=O) groups excluding carboxylic acids is 2. The number of benzene rings is 2. The molecule has 174 valence electrons. The minimum absolute atomic E-state index is 0.173. The monoisotopic (exact) mass is 470 g/mol. The Hall–Kier alpha value is -3.33. The number of thioether (sulfide) groups is 1. The average molecular weight is 471 g/mol. The summed E-state index contributed by atoms with van der Waals surface area (Å²) in [4.78, 5) is 42.3. The van der Waals surface area contributed by atoms with Gasteiger partial charge in [0.15, 0.2) is 10.9 Å². The lowest BCUT2D eigenvalue weighted by atomic mass is 10.0. The topological polar surface area (TPSA) is 119 Å². The van der Waals surface area contributed by atoms with Gasteiger partial charge < -0.3 is 19.6 Å². The van der Waals surface area contributed by atoms with E-state index in [1.165, 1.54) is 31.7 Å². The highest BCUT2D eigenvalue weighted by Gasteiger charge is 2.19. The van der Waals surface area contributed by atoms with Crippen LogP contribution in [0.2, 0.25) is 0 Å². The molecule has 0 spiro atoms. The van der Waals surface area contributed by atoms with Crippen molar-refractivity contribution in [3.8, 4) is 11.5 Å². The van der Waals surface area contributed by atoms with E-state index in [-0.39, 0.29) is 17.1 Å². The number of nitrogens with one attached hydrogen (secondary N) is 1. The fourth-order valence-electron chi connectivity index (χ4n) is 3.37. The number of H-pyrrole nitrogens is 1. The van der Waals surface area contributed by atoms with E-state index >= 15 is 0 Å². The minimum Gasteiger partial charge on any atom is -0.493 e. The number of carboxylic acids is 1. The average Bonchev–Trinajstić information content (AvgIpc) is 3.16. The van der Waals surface area contributed by atoms with Crippen LogP contribution in [0.4, 0.5) is 0 Å². The van der Waals surface area contributed by atoms with Crippen molar-refractivity contribution >= 4 is 40.5 Å². The van der Waals surface area contributed by atoms with E-state index in [1.807, 2.05) is 6.92 Å². The van der Waals surface area contributed by atoms with Crippen molar-refractivity contribution in [1.82, 2.24) is 9.97 Å². The van der Waals surface area contributed by atoms with Crippen LogP contribution in [0.3, 0.4) is 0 Å². The number of Topliss-reactive ketones (excluding diaryl/α,β-unsaturated/α-hetero) is 1. The van der Waals surface area contributed by atoms with Gasteiger partial charge in [-0.2, -0.15) is 0 Å². The van der Waals surface area contributed by atoms with Crippen LogP contribution in [-0.4, -0.2) is 45.2 Å². The van der Waals surface area contributed by atoms with Gasteiger partial charge in [-0.05, 0) is 50.1 Å². The number of imidazole rings is 1. The maximum atomic E-state index is 12.0. The van der Waals surface area contributed by atoms with Crippen LogP contribution in [0, 0.1) is 0 Å². The summed E-state index contributed by atoms with van der Waals surface area (Å²) in [6, 6.07) is 8.16. The number of carboxylic acid groups (broad SMARTS) is 1. The van der Waals surface area contributed by atoms with Gasteiger partial charge in [-0.3, -0.25) is 9.59 Å². The molecule has 1 aromatic heterocycles. The van der Waals surface area contributed by atoms with Crippen LogP contribution in [0.1, 0.15) is 59.9 Å². The first kappa shape index (κ1) is 24.3. The SMILES string of the molecule is CCCc1c(OCCCSc2nc3ccc(C(=O)O)cc3[nH]2)ccc(C(C)=O)c1OC(C)=O. The van der Waals surface area contributed by atoms with Gasteiger partial charge in [0, 0.05) is 18.2 Å². The Morgan fingerprint density at radius 2 is 1.94 bits per heavy atom. The molecule has 3 aromatic rings. The zero-order valence-corrected chi connectivity index (χ0v) is 19.6. The fraction of sp³-hybridized carbons (Fsp3) is 0.333. The van der Waals surface area contributed by atoms with Crippen LogP contribution in [0.5, 0.6) is 11.5 Å². The molecule has 0 bridgehead atoms. The molecule has 9 heteroatoms. The summed E-state index contributed by atoms with van der Waals surface area (Å²) >= 11 is 1.52. The van der Waals surface area contributed by atoms with E-state index < -0.39 is 11.9 Å². The number of aromatic nitrogens is 2. The first-order valence-corrected chi connectivity index (χ1v) is 11.6. The van der Waals surface area contributed by atoms with Gasteiger partial charge in [0.05, 0.1) is 28.8 Å². The van der Waals surface area contributed by atoms with Crippen molar-refractivity contribution in [3.63, 3.8) is 0 Å². The number of ketones is 1. The largest absolute Gasteiger partial charge is 0.493 e. The normalized spacial score (nSPS) is 10.9. The summed E-state index contributed by atoms with van der Waals surface area (Å²) < 4.78 is 11.3. The van der Waals surface area contributed by atoms with Gasteiger partial charge >= 0.3 is 11.9 Å². The van der Waals surface area contributed by atoms with Crippen LogP contribution in [-0.2, 0) is 11.2 Å². The second kappa shape index (κ2) is 11.0. The molecule has 0 saturated heterocycles. The summed E-state index contributed by atoms with van der Waals surface area (Å²) in [6.07, 6.45) is 2.15. The first-order valence-electron chi connectivity index (χ1n) is 10.6. The number of esters is 1. The molecule has 0 fully saturated rings. The Morgan fingerprint density at radius 1 is 1.15 bits per heavy atom. The standard InChI is InChI=1S/C24H26N2O6S/c1-4-6-18-21(10-8-17(14(2)27)22(18)32-15(3)28)31-11-5-12-33-24-25-19-9-7-16(23(29)30)13-20(19)26-24/h7-10,13H,4-6,11-12H2,1-3H3,(H,25,26)(H,29,30). The molecule has 0 unspecified atom stereocenters. The number of hydrogen-bond acceptors (Lipinski definition) is 7. The number of rotatable bonds is 11. The van der Waals surface area contributed by atoms with Crippen molar-refractivity contribution < 1.29 is 29.0 Å². The van der Waals surface area contributed by atoms with Crippen LogP contribution < -0.4 is 9.47 Å². The molecule has 0 amide bonds. The Labute approximate surface area is 195 Å². The maximum absolute atomic E-state index is 12.0. The number of aromatic carboxylic acids is 1. The lowest BCUT2D eigenvalue weighted by molar-refractivity contribution is -0.131. The molecule has 1 heterocycles. The summed E-state index contributed by atoms with van der Waals surface area (Å²) in [5, 5.41) is 9.82. The lowest BCUT2D eigenvalue weighted by Gasteiger charge is -2.17. The molecular weight excluding hydrogens is 444 g/mol. The fourth-order valence-corrected chi connectivity index (χ4v) is 4.17. The molecule has 33 heavy (non-hydrogen) atoms. The quantitative estimate of drug-likeness (QED) is 0.133. The van der Waals surface area contributed by atoms with Crippen LogP contribution in [0.15, 0.2) is 35.5 Å². The summed E-state index contributed by atoms with van der Waals surface area (Å²) in [5.41, 5.74) is 2.70. The number of nitrogens with zero attached hydrogens (tertiary/aromatic N) is 1. The highest BCUT2D eigenvalue weighted by molar-refractivity contribution is 7.99. The number of carbonyl (C=O) groups is 3. The maximum Gasteiger partial charge on any atom is 0.335 e. The highest BCUT2D eigenvalue weighted by Crippen LogP contribution is 2.34. The minimum atomic E-state index is -0.978. The first-order chi connectivity index (χ1) is 15.8. The van der Waals surface area contributed by atoms with Crippen molar-refractivity contribution in [2.24, 2.45) is 0 Å². The molecule has 0 aliphatic heterocycles. The van der Waals surface area contributed by atoms with E-state index in [2.05, 4.69) is 9.97 Å². The molecule has 2 N–H and O–H groups in total. The van der Waals surface area contributed by atoms with Crippen molar-refractivity contribution in [1.29, 1.82) is 0 Å². The Kier molecular flexibility index (Phi) is 8.11. The van der Waals surface area contributed by atoms with E-state index in [9.17, 15) is 14.4 Å². The van der Waals surface area contributed by atoms with Crippen molar-refractivity contribution in [3.05, 3.63) is 47.0 Å². The molecule has 8 nitrogen and oxygen atoms in total. The summed E-state index contributed by atoms with van der Waals surface area (Å²) in [6.45, 7) is 5.19. The lowest BCUT2D eigenvalue weighted by Crippen LogP contribution is -2.11. The second-order valence-corrected chi connectivity index (χ2v) is 8.53. The molecule has 2 aromatic carbocycles. The Bertz CT molecular complexity index is 1190. The van der Waals surface area contributed by atoms with Gasteiger partial charge in [-0.15, -0.1) is 0 Å². The smallest absolute Gasteiger partial charge is 0.335 e. The van der Waals surface area contributed by atoms with E-state index in [0.717, 1.165) is 24.2 Å². The molecule has 0 atom stereocenters. The predicted octanol–water partition coefficient (Wildman–Crippen LogP) is 4.90. The zero-order chi connectivity index (χ0) is 24.0. The predicted molar refractivity (Wildman–Crippen MR) is 126 cm³/mol. The second-order valence-electron chi connectivity index (χ2n) is 7.45. The van der Waals surface area contributed by atoms with Gasteiger partial charge in [0.1, 0.15) is 11.5 Å². The van der Waals surface area contributed by atoms with Crippen molar-refractivity contribution in [2.45, 2.75) is 45.2 Å². The third kappa shape index (κ3) is 6.13. The number of hydrogen-bond donors (Lipinski definition) is 2. The highest BCUT2D eigenvalue weighted by atomic mass is 32.2. The van der Waals surface area contributed by atoms with Gasteiger partial charge in [-0.25, -0.2) is 9.78 Å². The van der Waals surface area contributed by atoms with Crippen LogP contribution >= 0.6 is 11.8 Å². The molecular formula is C24H26N2O6S. The number of aromatic amines is 1. The summed E-state index contributed by atoms with van der Waals surface area (Å²) in [7, 11) is 0. The summed E-state index contributed by atoms with van der Waals surface area (Å²) in [5.74, 6) is -0.0114.